The molecular formula is C12H26N2S. The molecule has 2 atom stereocenters. The summed E-state index contributed by atoms with van der Waals surface area (Å²) in [6, 6.07) is 1.49. The first-order valence-electron chi connectivity index (χ1n) is 6.16. The number of nitrogens with zero attached hydrogens (tertiary/aromatic N) is 1. The smallest absolute Gasteiger partial charge is 0.0154 e. The fourth-order valence-electron chi connectivity index (χ4n) is 2.12. The third kappa shape index (κ3) is 5.23. The van der Waals surface area contributed by atoms with E-state index in [1.807, 2.05) is 11.8 Å². The third-order valence-corrected chi connectivity index (χ3v) is 4.22. The Bertz CT molecular complexity index is 158. The Morgan fingerprint density at radius 1 is 1.47 bits per heavy atom. The summed E-state index contributed by atoms with van der Waals surface area (Å²) in [6.07, 6.45) is 7.67. The van der Waals surface area contributed by atoms with E-state index in [2.05, 4.69) is 30.4 Å². The number of thioether (sulfide) groups is 1. The van der Waals surface area contributed by atoms with Gasteiger partial charge in [0.25, 0.3) is 0 Å². The number of rotatable bonds is 6. The molecule has 1 aliphatic rings. The molecule has 0 aromatic carbocycles. The highest BCUT2D eigenvalue weighted by molar-refractivity contribution is 7.98. The number of nitrogens with one attached hydrogen (secondary N) is 1. The predicted molar refractivity (Wildman–Crippen MR) is 70.7 cm³/mol. The van der Waals surface area contributed by atoms with Gasteiger partial charge in [-0.2, -0.15) is 11.8 Å². The molecule has 1 saturated heterocycles. The van der Waals surface area contributed by atoms with E-state index in [9.17, 15) is 0 Å². The molecule has 1 rings (SSSR count). The number of piperidine rings is 1. The molecular weight excluding hydrogens is 204 g/mol. The van der Waals surface area contributed by atoms with Crippen LogP contribution in [-0.4, -0.2) is 49.1 Å². The van der Waals surface area contributed by atoms with Crippen molar-refractivity contribution in [1.82, 2.24) is 10.2 Å². The van der Waals surface area contributed by atoms with Crippen LogP contribution in [0.2, 0.25) is 0 Å². The minimum absolute atomic E-state index is 0.712. The topological polar surface area (TPSA) is 15.3 Å². The molecule has 15 heavy (non-hydrogen) atoms. The predicted octanol–water partition coefficient (Wildman–Crippen LogP) is 2.20. The van der Waals surface area contributed by atoms with Crippen LogP contribution in [0.1, 0.15) is 32.6 Å². The van der Waals surface area contributed by atoms with Crippen molar-refractivity contribution in [3.63, 3.8) is 0 Å². The Morgan fingerprint density at radius 2 is 2.27 bits per heavy atom. The van der Waals surface area contributed by atoms with Crippen molar-refractivity contribution in [1.29, 1.82) is 0 Å². The van der Waals surface area contributed by atoms with E-state index >= 15 is 0 Å². The molecule has 0 radical (unpaired) electrons. The number of hydrogen-bond acceptors (Lipinski definition) is 3. The first-order chi connectivity index (χ1) is 7.24. The van der Waals surface area contributed by atoms with Gasteiger partial charge >= 0.3 is 0 Å². The minimum Gasteiger partial charge on any atom is -0.314 e. The monoisotopic (exact) mass is 230 g/mol. The normalized spacial score (nSPS) is 24.4. The van der Waals surface area contributed by atoms with Gasteiger partial charge in [0.2, 0.25) is 0 Å². The van der Waals surface area contributed by atoms with E-state index in [-0.39, 0.29) is 0 Å². The lowest BCUT2D eigenvalue weighted by Crippen LogP contribution is -2.39. The molecule has 0 aliphatic carbocycles. The van der Waals surface area contributed by atoms with E-state index in [0.717, 1.165) is 6.04 Å². The Balaban J connectivity index is 2.11. The van der Waals surface area contributed by atoms with Crippen LogP contribution < -0.4 is 5.32 Å². The SMILES string of the molecule is CSCC(C)N(C)CCC1CCCCN1. The molecule has 0 spiro atoms. The summed E-state index contributed by atoms with van der Waals surface area (Å²) < 4.78 is 0. The van der Waals surface area contributed by atoms with Crippen LogP contribution in [0.4, 0.5) is 0 Å². The van der Waals surface area contributed by atoms with Crippen LogP contribution in [0.25, 0.3) is 0 Å². The molecule has 2 nitrogen and oxygen atoms in total. The van der Waals surface area contributed by atoms with Gasteiger partial charge in [0.05, 0.1) is 0 Å². The van der Waals surface area contributed by atoms with Crippen molar-refractivity contribution >= 4 is 11.8 Å². The summed E-state index contributed by atoms with van der Waals surface area (Å²) in [4.78, 5) is 2.49. The van der Waals surface area contributed by atoms with Crippen LogP contribution in [-0.2, 0) is 0 Å². The van der Waals surface area contributed by atoms with Crippen LogP contribution in [0.3, 0.4) is 0 Å². The molecule has 90 valence electrons. The van der Waals surface area contributed by atoms with Gasteiger partial charge in [-0.05, 0) is 52.6 Å². The van der Waals surface area contributed by atoms with Gasteiger partial charge in [-0.3, -0.25) is 0 Å². The minimum atomic E-state index is 0.712. The molecule has 1 fully saturated rings. The fraction of sp³-hybridized carbons (Fsp3) is 1.00. The van der Waals surface area contributed by atoms with Gasteiger partial charge in [-0.1, -0.05) is 6.42 Å². The molecule has 0 amide bonds. The lowest BCUT2D eigenvalue weighted by Gasteiger charge is -2.28. The zero-order valence-corrected chi connectivity index (χ0v) is 11.3. The summed E-state index contributed by atoms with van der Waals surface area (Å²) in [6.45, 7) is 4.79. The summed E-state index contributed by atoms with van der Waals surface area (Å²) in [7, 11) is 2.25. The Kier molecular flexibility index (Phi) is 6.69. The first-order valence-corrected chi connectivity index (χ1v) is 7.56. The molecule has 0 bridgehead atoms. The molecule has 0 aromatic heterocycles. The standard InChI is InChI=1S/C12H26N2S/c1-11(10-15-3)14(2)9-7-12-6-4-5-8-13-12/h11-13H,4-10H2,1-3H3. The van der Waals surface area contributed by atoms with Crippen LogP contribution in [0.15, 0.2) is 0 Å². The Labute approximate surface area is 99.2 Å². The molecule has 0 aromatic rings. The van der Waals surface area contributed by atoms with Gasteiger partial charge in [0.15, 0.2) is 0 Å². The van der Waals surface area contributed by atoms with Crippen molar-refractivity contribution in [3.8, 4) is 0 Å². The lowest BCUT2D eigenvalue weighted by molar-refractivity contribution is 0.249. The molecule has 2 unspecified atom stereocenters. The average Bonchev–Trinajstić information content (AvgIpc) is 2.27. The van der Waals surface area contributed by atoms with Gasteiger partial charge in [-0.15, -0.1) is 0 Å². The third-order valence-electron chi connectivity index (χ3n) is 3.40. The van der Waals surface area contributed by atoms with Crippen LogP contribution in [0, 0.1) is 0 Å². The second-order valence-corrected chi connectivity index (χ2v) is 5.63. The van der Waals surface area contributed by atoms with Crippen LogP contribution >= 0.6 is 11.8 Å². The van der Waals surface area contributed by atoms with Crippen molar-refractivity contribution < 1.29 is 0 Å². The fourth-order valence-corrected chi connectivity index (χ4v) is 2.86. The van der Waals surface area contributed by atoms with Gasteiger partial charge < -0.3 is 10.2 Å². The van der Waals surface area contributed by atoms with E-state index in [1.54, 1.807) is 0 Å². The lowest BCUT2D eigenvalue weighted by atomic mass is 10.0. The van der Waals surface area contributed by atoms with Gasteiger partial charge in [0, 0.05) is 17.8 Å². The summed E-state index contributed by atoms with van der Waals surface area (Å²) in [5, 5.41) is 3.61. The van der Waals surface area contributed by atoms with Crippen molar-refractivity contribution in [3.05, 3.63) is 0 Å². The van der Waals surface area contributed by atoms with Gasteiger partial charge in [0.1, 0.15) is 0 Å². The maximum Gasteiger partial charge on any atom is 0.0154 e. The molecule has 1 N–H and O–H groups in total. The second kappa shape index (κ2) is 7.53. The molecule has 3 heteroatoms. The van der Waals surface area contributed by atoms with Crippen molar-refractivity contribution in [2.24, 2.45) is 0 Å². The van der Waals surface area contributed by atoms with Gasteiger partial charge in [-0.25, -0.2) is 0 Å². The highest BCUT2D eigenvalue weighted by Gasteiger charge is 2.14. The highest BCUT2D eigenvalue weighted by atomic mass is 32.2. The van der Waals surface area contributed by atoms with Crippen LogP contribution in [0.5, 0.6) is 0 Å². The van der Waals surface area contributed by atoms with Crippen molar-refractivity contribution in [2.75, 3.05) is 32.1 Å². The van der Waals surface area contributed by atoms with E-state index in [0.29, 0.717) is 6.04 Å². The Morgan fingerprint density at radius 3 is 2.87 bits per heavy atom. The summed E-state index contributed by atoms with van der Waals surface area (Å²) in [5.74, 6) is 1.24. The Hall–Kier alpha value is 0.270. The zero-order valence-electron chi connectivity index (χ0n) is 10.5. The van der Waals surface area contributed by atoms with E-state index in [4.69, 9.17) is 0 Å². The van der Waals surface area contributed by atoms with E-state index in [1.165, 1.54) is 44.5 Å². The maximum absolute atomic E-state index is 3.61. The number of hydrogen-bond donors (Lipinski definition) is 1. The molecule has 1 aliphatic heterocycles. The largest absolute Gasteiger partial charge is 0.314 e. The quantitative estimate of drug-likeness (QED) is 0.753. The summed E-state index contributed by atoms with van der Waals surface area (Å²) >= 11 is 1.94. The zero-order chi connectivity index (χ0) is 11.1. The van der Waals surface area contributed by atoms with Crippen molar-refractivity contribution in [2.45, 2.75) is 44.7 Å². The molecule has 0 saturated carbocycles. The second-order valence-electron chi connectivity index (χ2n) is 4.72. The first kappa shape index (κ1) is 13.3. The highest BCUT2D eigenvalue weighted by Crippen LogP contribution is 2.11. The van der Waals surface area contributed by atoms with E-state index < -0.39 is 0 Å². The average molecular weight is 230 g/mol. The maximum atomic E-state index is 3.61. The molecule has 1 heterocycles. The summed E-state index contributed by atoms with van der Waals surface area (Å²) in [5.41, 5.74) is 0.